The number of hydrogen-bond donors (Lipinski definition) is 1. The monoisotopic (exact) mass is 266 g/mol. The molecular weight excluding hydrogens is 254 g/mol. The van der Waals surface area contributed by atoms with Gasteiger partial charge < -0.3 is 5.11 Å². The third-order valence-corrected chi connectivity index (χ3v) is 2.86. The number of aromatic nitrogens is 2. The van der Waals surface area contributed by atoms with E-state index in [0.717, 1.165) is 17.7 Å². The number of rotatable bonds is 4. The average molecular weight is 266 g/mol. The fourth-order valence-corrected chi connectivity index (χ4v) is 1.83. The second kappa shape index (κ2) is 5.17. The number of carboxylic acids is 1. The summed E-state index contributed by atoms with van der Waals surface area (Å²) in [7, 11) is 0. The van der Waals surface area contributed by atoms with Crippen molar-refractivity contribution in [1.29, 1.82) is 0 Å². The van der Waals surface area contributed by atoms with Crippen LogP contribution in [0.1, 0.15) is 17.7 Å². The Bertz CT molecular complexity index is 623. The van der Waals surface area contributed by atoms with Crippen LogP contribution in [0.3, 0.4) is 0 Å². The summed E-state index contributed by atoms with van der Waals surface area (Å²) in [5, 5.41) is 12.7. The highest BCUT2D eigenvalue weighted by molar-refractivity contribution is 5.67. The van der Waals surface area contributed by atoms with Gasteiger partial charge in [-0.25, -0.2) is 13.5 Å². The second-order valence-corrected chi connectivity index (χ2v) is 4.16. The van der Waals surface area contributed by atoms with Gasteiger partial charge in [-0.2, -0.15) is 5.10 Å². The number of nitrogens with zero attached hydrogens (tertiary/aromatic N) is 2. The summed E-state index contributed by atoms with van der Waals surface area (Å²) in [6.07, 6.45) is 1.81. The van der Waals surface area contributed by atoms with E-state index < -0.39 is 17.6 Å². The van der Waals surface area contributed by atoms with Gasteiger partial charge in [0.15, 0.2) is 5.82 Å². The average Bonchev–Trinajstić information content (AvgIpc) is 2.68. The Hall–Kier alpha value is -2.24. The smallest absolute Gasteiger partial charge is 0.303 e. The van der Waals surface area contributed by atoms with E-state index in [2.05, 4.69) is 5.10 Å². The lowest BCUT2D eigenvalue weighted by molar-refractivity contribution is -0.136. The molecule has 0 saturated carbocycles. The van der Waals surface area contributed by atoms with Crippen molar-refractivity contribution in [1.82, 2.24) is 9.78 Å². The molecule has 2 aromatic rings. The van der Waals surface area contributed by atoms with Crippen LogP contribution >= 0.6 is 0 Å². The molecule has 0 atom stereocenters. The molecule has 19 heavy (non-hydrogen) atoms. The Balaban J connectivity index is 2.33. The van der Waals surface area contributed by atoms with E-state index in [1.54, 1.807) is 6.92 Å². The molecule has 1 aromatic heterocycles. The summed E-state index contributed by atoms with van der Waals surface area (Å²) in [4.78, 5) is 10.5. The van der Waals surface area contributed by atoms with Gasteiger partial charge in [-0.05, 0) is 31.0 Å². The van der Waals surface area contributed by atoms with E-state index in [1.165, 1.54) is 16.9 Å². The number of carboxylic acid groups (broad SMARTS) is 1. The maximum absolute atomic E-state index is 13.6. The molecule has 6 heteroatoms. The van der Waals surface area contributed by atoms with Crippen LogP contribution in [0.25, 0.3) is 5.69 Å². The Morgan fingerprint density at radius 2 is 2.16 bits per heavy atom. The number of aliphatic carboxylic acids is 1. The van der Waals surface area contributed by atoms with Crippen molar-refractivity contribution in [3.8, 4) is 5.69 Å². The molecule has 0 fully saturated rings. The van der Waals surface area contributed by atoms with Crippen LogP contribution in [0.15, 0.2) is 24.4 Å². The molecule has 1 aromatic carbocycles. The zero-order valence-electron chi connectivity index (χ0n) is 10.2. The van der Waals surface area contributed by atoms with E-state index in [4.69, 9.17) is 5.11 Å². The normalized spacial score (nSPS) is 10.7. The van der Waals surface area contributed by atoms with Gasteiger partial charge in [-0.15, -0.1) is 0 Å². The molecule has 0 radical (unpaired) electrons. The Labute approximate surface area is 108 Å². The van der Waals surface area contributed by atoms with Crippen molar-refractivity contribution in [2.24, 2.45) is 0 Å². The van der Waals surface area contributed by atoms with E-state index in [9.17, 15) is 13.6 Å². The highest BCUT2D eigenvalue weighted by Crippen LogP contribution is 2.19. The number of aryl methyl sites for hydroxylation is 1. The topological polar surface area (TPSA) is 55.1 Å². The third kappa shape index (κ3) is 2.78. The largest absolute Gasteiger partial charge is 0.481 e. The van der Waals surface area contributed by atoms with E-state index >= 15 is 0 Å². The highest BCUT2D eigenvalue weighted by atomic mass is 19.1. The molecule has 0 spiro atoms. The number of benzene rings is 1. The lowest BCUT2D eigenvalue weighted by Gasteiger charge is -2.06. The van der Waals surface area contributed by atoms with Crippen LogP contribution in [0.2, 0.25) is 0 Å². The molecule has 0 aliphatic rings. The molecule has 0 aliphatic heterocycles. The third-order valence-electron chi connectivity index (χ3n) is 2.86. The van der Waals surface area contributed by atoms with Gasteiger partial charge in [0.25, 0.3) is 0 Å². The Kier molecular flexibility index (Phi) is 3.59. The maximum atomic E-state index is 13.6. The highest BCUT2D eigenvalue weighted by Gasteiger charge is 2.13. The van der Waals surface area contributed by atoms with Gasteiger partial charge in [0.1, 0.15) is 11.5 Å². The van der Waals surface area contributed by atoms with Gasteiger partial charge >= 0.3 is 5.97 Å². The van der Waals surface area contributed by atoms with Crippen LogP contribution in [0.5, 0.6) is 0 Å². The molecule has 100 valence electrons. The van der Waals surface area contributed by atoms with Crippen LogP contribution in [0, 0.1) is 18.6 Å². The van der Waals surface area contributed by atoms with Gasteiger partial charge in [0.2, 0.25) is 0 Å². The lowest BCUT2D eigenvalue weighted by Crippen LogP contribution is -2.03. The van der Waals surface area contributed by atoms with Crippen molar-refractivity contribution in [3.63, 3.8) is 0 Å². The molecule has 1 heterocycles. The predicted molar refractivity (Wildman–Crippen MR) is 64.2 cm³/mol. The van der Waals surface area contributed by atoms with Crippen molar-refractivity contribution in [2.45, 2.75) is 19.8 Å². The first-order chi connectivity index (χ1) is 8.99. The molecule has 0 unspecified atom stereocenters. The molecular formula is C13H12F2N2O2. The van der Waals surface area contributed by atoms with E-state index in [0.29, 0.717) is 12.1 Å². The van der Waals surface area contributed by atoms with Crippen LogP contribution in [-0.2, 0) is 11.2 Å². The zero-order chi connectivity index (χ0) is 14.0. The molecule has 0 amide bonds. The van der Waals surface area contributed by atoms with E-state index in [-0.39, 0.29) is 12.1 Å². The Morgan fingerprint density at radius 1 is 1.42 bits per heavy atom. The van der Waals surface area contributed by atoms with Gasteiger partial charge in [0, 0.05) is 18.2 Å². The second-order valence-electron chi connectivity index (χ2n) is 4.16. The van der Waals surface area contributed by atoms with Crippen LogP contribution in [-0.4, -0.2) is 20.9 Å². The maximum Gasteiger partial charge on any atom is 0.303 e. The van der Waals surface area contributed by atoms with Gasteiger partial charge in [-0.3, -0.25) is 4.79 Å². The minimum atomic E-state index is -0.903. The fraction of sp³-hybridized carbons (Fsp3) is 0.231. The zero-order valence-corrected chi connectivity index (χ0v) is 10.2. The number of halogens is 2. The first-order valence-corrected chi connectivity index (χ1v) is 5.69. The summed E-state index contributed by atoms with van der Waals surface area (Å²) in [5.41, 5.74) is 1.51. The summed E-state index contributed by atoms with van der Waals surface area (Å²) >= 11 is 0. The van der Waals surface area contributed by atoms with Gasteiger partial charge in [0.05, 0.1) is 6.20 Å². The van der Waals surface area contributed by atoms with E-state index in [1.807, 2.05) is 0 Å². The first-order valence-electron chi connectivity index (χ1n) is 5.69. The first kappa shape index (κ1) is 13.2. The molecule has 0 saturated heterocycles. The quantitative estimate of drug-likeness (QED) is 0.924. The fourth-order valence-electron chi connectivity index (χ4n) is 1.83. The molecule has 0 bridgehead atoms. The predicted octanol–water partition coefficient (Wildman–Crippen LogP) is 2.48. The molecule has 0 aliphatic carbocycles. The van der Waals surface area contributed by atoms with Crippen molar-refractivity contribution < 1.29 is 18.7 Å². The molecule has 1 N–H and O–H groups in total. The summed E-state index contributed by atoms with van der Waals surface area (Å²) in [6, 6.07) is 3.23. The summed E-state index contributed by atoms with van der Waals surface area (Å²) in [5.74, 6) is -2.27. The summed E-state index contributed by atoms with van der Waals surface area (Å²) in [6.45, 7) is 1.72. The minimum Gasteiger partial charge on any atom is -0.481 e. The minimum absolute atomic E-state index is 0.0154. The molecule has 2 rings (SSSR count). The molecule has 4 nitrogen and oxygen atoms in total. The number of hydrogen-bond acceptors (Lipinski definition) is 2. The van der Waals surface area contributed by atoms with Crippen LogP contribution in [0.4, 0.5) is 8.78 Å². The standard InChI is InChI=1S/C13H12F2N2O2/c1-8-9(2-5-13(18)19)7-16-17(8)12-4-3-10(14)6-11(12)15/h3-4,6-7H,2,5H2,1H3,(H,18,19). The lowest BCUT2D eigenvalue weighted by atomic mass is 10.1. The Morgan fingerprint density at radius 3 is 2.79 bits per heavy atom. The van der Waals surface area contributed by atoms with Crippen molar-refractivity contribution in [3.05, 3.63) is 47.3 Å². The van der Waals surface area contributed by atoms with Gasteiger partial charge in [-0.1, -0.05) is 0 Å². The van der Waals surface area contributed by atoms with Crippen molar-refractivity contribution >= 4 is 5.97 Å². The van der Waals surface area contributed by atoms with Crippen molar-refractivity contribution in [2.75, 3.05) is 0 Å². The summed E-state index contributed by atoms with van der Waals surface area (Å²) < 4.78 is 27.8. The number of carbonyl (C=O) groups is 1. The van der Waals surface area contributed by atoms with Crippen LogP contribution < -0.4 is 0 Å². The SMILES string of the molecule is Cc1c(CCC(=O)O)cnn1-c1ccc(F)cc1F.